The number of hydrogen-bond acceptors (Lipinski definition) is 5. The van der Waals surface area contributed by atoms with E-state index in [2.05, 4.69) is 26.2 Å². The number of thioether (sulfide) groups is 1. The van der Waals surface area contributed by atoms with Gasteiger partial charge in [-0.15, -0.1) is 0 Å². The Morgan fingerprint density at radius 1 is 1.30 bits per heavy atom. The van der Waals surface area contributed by atoms with Crippen molar-refractivity contribution in [3.05, 3.63) is 62.9 Å². The molecule has 1 N–H and O–H groups in total. The molecule has 0 aliphatic heterocycles. The molecule has 0 saturated heterocycles. The highest BCUT2D eigenvalue weighted by molar-refractivity contribution is 9.10. The Hall–Kier alpha value is -2.30. The topological polar surface area (TPSA) is 73.2 Å². The first kappa shape index (κ1) is 22.4. The average molecular weight is 498 g/mol. The summed E-state index contributed by atoms with van der Waals surface area (Å²) in [6, 6.07) is 8.47. The third-order valence-electron chi connectivity index (χ3n) is 4.26. The van der Waals surface area contributed by atoms with Crippen molar-refractivity contribution in [1.82, 2.24) is 9.55 Å². The Morgan fingerprint density at radius 2 is 2.00 bits per heavy atom. The molecular weight excluding hydrogens is 480 g/mol. The molecule has 1 unspecified atom stereocenters. The van der Waals surface area contributed by atoms with E-state index >= 15 is 0 Å². The summed E-state index contributed by atoms with van der Waals surface area (Å²) < 4.78 is 34.9. The van der Waals surface area contributed by atoms with E-state index in [9.17, 15) is 18.4 Å². The molecule has 0 aliphatic carbocycles. The highest BCUT2D eigenvalue weighted by Gasteiger charge is 2.21. The number of fused-ring (bicyclic) bond motifs is 1. The predicted octanol–water partition coefficient (Wildman–Crippen LogP) is 4.20. The summed E-state index contributed by atoms with van der Waals surface area (Å²) in [7, 11) is 1.52. The Balaban J connectivity index is 1.92. The van der Waals surface area contributed by atoms with Gasteiger partial charge in [-0.25, -0.2) is 13.8 Å². The number of amides is 1. The summed E-state index contributed by atoms with van der Waals surface area (Å²) in [5, 5.41) is 2.22. The molecule has 6 nitrogen and oxygen atoms in total. The average Bonchev–Trinajstić information content (AvgIpc) is 2.71. The Kier molecular flexibility index (Phi) is 7.22. The third kappa shape index (κ3) is 4.88. The molecule has 1 amide bonds. The molecule has 0 spiro atoms. The first-order chi connectivity index (χ1) is 14.3. The van der Waals surface area contributed by atoms with Gasteiger partial charge in [-0.2, -0.15) is 0 Å². The maximum absolute atomic E-state index is 13.8. The van der Waals surface area contributed by atoms with Gasteiger partial charge in [0, 0.05) is 11.6 Å². The number of carbonyl (C=O) groups excluding carboxylic acids is 1. The van der Waals surface area contributed by atoms with Crippen LogP contribution in [0.1, 0.15) is 6.92 Å². The van der Waals surface area contributed by atoms with Crippen LogP contribution in [0.5, 0.6) is 0 Å². The molecule has 10 heteroatoms. The summed E-state index contributed by atoms with van der Waals surface area (Å²) in [4.78, 5) is 30.0. The van der Waals surface area contributed by atoms with Gasteiger partial charge in [0.05, 0.1) is 29.3 Å². The smallest absolute Gasteiger partial charge is 0.262 e. The maximum Gasteiger partial charge on any atom is 0.262 e. The second-order valence-corrected chi connectivity index (χ2v) is 8.58. The number of halogens is 3. The SMILES string of the molecule is COCCn1c(SC(C)C(=O)Nc2c(F)cccc2F)nc2ccc(Br)cc2c1=O. The molecule has 1 aromatic heterocycles. The van der Waals surface area contributed by atoms with Crippen LogP contribution in [0.3, 0.4) is 0 Å². The monoisotopic (exact) mass is 497 g/mol. The van der Waals surface area contributed by atoms with Crippen LogP contribution in [0.4, 0.5) is 14.5 Å². The maximum atomic E-state index is 13.8. The summed E-state index contributed by atoms with van der Waals surface area (Å²) in [6.07, 6.45) is 0. The van der Waals surface area contributed by atoms with Crippen molar-refractivity contribution in [1.29, 1.82) is 0 Å². The number of nitrogens with one attached hydrogen (secondary N) is 1. The van der Waals surface area contributed by atoms with Gasteiger partial charge in [0.1, 0.15) is 17.3 Å². The lowest BCUT2D eigenvalue weighted by molar-refractivity contribution is -0.115. The number of methoxy groups -OCH3 is 1. The molecule has 3 rings (SSSR count). The molecule has 3 aromatic rings. The molecular formula is C20H18BrF2N3O3S. The van der Waals surface area contributed by atoms with Crippen LogP contribution in [-0.4, -0.2) is 34.4 Å². The van der Waals surface area contributed by atoms with Crippen LogP contribution in [0.2, 0.25) is 0 Å². The van der Waals surface area contributed by atoms with Crippen molar-refractivity contribution in [2.45, 2.75) is 23.9 Å². The minimum atomic E-state index is -0.869. The van der Waals surface area contributed by atoms with Gasteiger partial charge in [0.2, 0.25) is 5.91 Å². The molecule has 158 valence electrons. The number of anilines is 1. The summed E-state index contributed by atoms with van der Waals surface area (Å²) in [5.74, 6) is -2.36. The van der Waals surface area contributed by atoms with E-state index in [1.807, 2.05) is 0 Å². The van der Waals surface area contributed by atoms with Gasteiger partial charge in [-0.3, -0.25) is 14.2 Å². The molecule has 1 heterocycles. The predicted molar refractivity (Wildman–Crippen MR) is 116 cm³/mol. The zero-order chi connectivity index (χ0) is 21.8. The van der Waals surface area contributed by atoms with E-state index in [0.29, 0.717) is 16.1 Å². The number of carbonyl (C=O) groups is 1. The van der Waals surface area contributed by atoms with E-state index in [4.69, 9.17) is 4.74 Å². The molecule has 0 radical (unpaired) electrons. The van der Waals surface area contributed by atoms with Crippen LogP contribution in [0.15, 0.2) is 50.8 Å². The Labute approximate surface area is 183 Å². The minimum absolute atomic E-state index is 0.239. The summed E-state index contributed by atoms with van der Waals surface area (Å²) >= 11 is 4.37. The van der Waals surface area contributed by atoms with Crippen molar-refractivity contribution in [2.24, 2.45) is 0 Å². The number of aromatic nitrogens is 2. The van der Waals surface area contributed by atoms with Crippen molar-refractivity contribution < 1.29 is 18.3 Å². The first-order valence-electron chi connectivity index (χ1n) is 8.92. The van der Waals surface area contributed by atoms with Crippen LogP contribution in [0, 0.1) is 11.6 Å². The zero-order valence-corrected chi connectivity index (χ0v) is 18.5. The zero-order valence-electron chi connectivity index (χ0n) is 16.1. The molecule has 0 aliphatic rings. The first-order valence-corrected chi connectivity index (χ1v) is 10.6. The quantitative estimate of drug-likeness (QED) is 0.391. The Bertz CT molecular complexity index is 1140. The van der Waals surface area contributed by atoms with Crippen LogP contribution < -0.4 is 10.9 Å². The van der Waals surface area contributed by atoms with E-state index < -0.39 is 28.5 Å². The Morgan fingerprint density at radius 3 is 2.67 bits per heavy atom. The number of ether oxygens (including phenoxy) is 1. The second kappa shape index (κ2) is 9.67. The molecule has 30 heavy (non-hydrogen) atoms. The van der Waals surface area contributed by atoms with Crippen molar-refractivity contribution in [3.8, 4) is 0 Å². The van der Waals surface area contributed by atoms with Gasteiger partial charge in [-0.05, 0) is 37.3 Å². The molecule has 2 aromatic carbocycles. The number of hydrogen-bond donors (Lipinski definition) is 1. The van der Waals surface area contributed by atoms with Gasteiger partial charge < -0.3 is 10.1 Å². The lowest BCUT2D eigenvalue weighted by Gasteiger charge is -2.16. The molecule has 1 atom stereocenters. The van der Waals surface area contributed by atoms with Gasteiger partial charge in [0.15, 0.2) is 5.16 Å². The van der Waals surface area contributed by atoms with Gasteiger partial charge >= 0.3 is 0 Å². The molecule has 0 bridgehead atoms. The summed E-state index contributed by atoms with van der Waals surface area (Å²) in [6.45, 7) is 2.08. The van der Waals surface area contributed by atoms with Crippen molar-refractivity contribution in [3.63, 3.8) is 0 Å². The lowest BCUT2D eigenvalue weighted by atomic mass is 10.2. The molecule has 0 fully saturated rings. The third-order valence-corrected chi connectivity index (χ3v) is 5.85. The van der Waals surface area contributed by atoms with Crippen molar-refractivity contribution >= 4 is 50.2 Å². The fourth-order valence-electron chi connectivity index (χ4n) is 2.70. The standard InChI is InChI=1S/C20H18BrF2N3O3S/c1-11(18(27)25-17-14(22)4-3-5-15(17)23)30-20-24-16-7-6-12(21)10-13(16)19(28)26(20)8-9-29-2/h3-7,10-11H,8-9H2,1-2H3,(H,25,27). The number of rotatable bonds is 7. The summed E-state index contributed by atoms with van der Waals surface area (Å²) in [5.41, 5.74) is -0.302. The molecule has 0 saturated carbocycles. The normalized spacial score (nSPS) is 12.2. The number of nitrogens with zero attached hydrogens (tertiary/aromatic N) is 2. The van der Waals surface area contributed by atoms with Crippen molar-refractivity contribution in [2.75, 3.05) is 19.0 Å². The largest absolute Gasteiger partial charge is 0.383 e. The highest BCUT2D eigenvalue weighted by Crippen LogP contribution is 2.26. The van der Waals surface area contributed by atoms with E-state index in [-0.39, 0.29) is 18.7 Å². The minimum Gasteiger partial charge on any atom is -0.383 e. The van der Waals surface area contributed by atoms with Gasteiger partial charge in [0.25, 0.3) is 5.56 Å². The second-order valence-electron chi connectivity index (χ2n) is 6.35. The van der Waals surface area contributed by atoms with Crippen LogP contribution in [0.25, 0.3) is 10.9 Å². The lowest BCUT2D eigenvalue weighted by Crippen LogP contribution is -2.28. The van der Waals surface area contributed by atoms with Gasteiger partial charge in [-0.1, -0.05) is 33.8 Å². The van der Waals surface area contributed by atoms with Crippen LogP contribution >= 0.6 is 27.7 Å². The highest BCUT2D eigenvalue weighted by atomic mass is 79.9. The fourth-order valence-corrected chi connectivity index (χ4v) is 3.99. The van der Waals surface area contributed by atoms with E-state index in [1.165, 1.54) is 17.7 Å². The number of benzene rings is 2. The van der Waals surface area contributed by atoms with E-state index in [0.717, 1.165) is 28.4 Å². The van der Waals surface area contributed by atoms with Crippen LogP contribution in [-0.2, 0) is 16.1 Å². The number of para-hydroxylation sites is 1. The fraction of sp³-hybridized carbons (Fsp3) is 0.250. The van der Waals surface area contributed by atoms with E-state index in [1.54, 1.807) is 25.1 Å².